The topological polar surface area (TPSA) is 26.0 Å². The van der Waals surface area contributed by atoms with E-state index in [0.717, 1.165) is 10.2 Å². The molecule has 0 heterocycles. The van der Waals surface area contributed by atoms with Crippen LogP contribution in [-0.2, 0) is 5.41 Å². The van der Waals surface area contributed by atoms with Crippen LogP contribution in [-0.4, -0.2) is 0 Å². The molecule has 0 amide bonds. The average molecular weight is 258 g/mol. The first-order chi connectivity index (χ1) is 6.41. The summed E-state index contributed by atoms with van der Waals surface area (Å²) in [6.45, 7) is 10.6. The smallest absolute Gasteiger partial charge is 0.0458 e. The largest absolute Gasteiger partial charge is 0.398 e. The number of nitrogens with two attached hydrogens (primary N) is 1. The molecule has 80 valence electrons. The van der Waals surface area contributed by atoms with E-state index in [9.17, 15) is 0 Å². The summed E-state index contributed by atoms with van der Waals surface area (Å²) in [6, 6.07) is 6.08. The quantitative estimate of drug-likeness (QED) is 0.687. The molecular formula is C12H20BrN. The van der Waals surface area contributed by atoms with E-state index in [4.69, 9.17) is 5.73 Å². The van der Waals surface area contributed by atoms with Crippen LogP contribution in [0.1, 0.15) is 40.2 Å². The number of rotatable bonds is 0. The maximum absolute atomic E-state index is 5.69. The van der Waals surface area contributed by atoms with E-state index in [1.165, 1.54) is 5.56 Å². The SMILES string of the molecule is CC.CC(C)(C)c1ccc(N)c(Br)c1. The molecule has 1 rings (SSSR count). The number of halogens is 1. The highest BCUT2D eigenvalue weighted by atomic mass is 79.9. The van der Waals surface area contributed by atoms with Crippen molar-refractivity contribution < 1.29 is 0 Å². The van der Waals surface area contributed by atoms with Crippen LogP contribution in [0.25, 0.3) is 0 Å². The van der Waals surface area contributed by atoms with Gasteiger partial charge in [-0.3, -0.25) is 0 Å². The molecule has 0 atom stereocenters. The second kappa shape index (κ2) is 5.40. The maximum Gasteiger partial charge on any atom is 0.0458 e. The van der Waals surface area contributed by atoms with E-state index in [-0.39, 0.29) is 5.41 Å². The minimum Gasteiger partial charge on any atom is -0.398 e. The van der Waals surface area contributed by atoms with Crippen LogP contribution < -0.4 is 5.73 Å². The van der Waals surface area contributed by atoms with E-state index in [1.807, 2.05) is 19.9 Å². The van der Waals surface area contributed by atoms with E-state index in [2.05, 4.69) is 48.8 Å². The first-order valence-electron chi connectivity index (χ1n) is 4.97. The van der Waals surface area contributed by atoms with Gasteiger partial charge in [0.1, 0.15) is 0 Å². The van der Waals surface area contributed by atoms with Crippen molar-refractivity contribution >= 4 is 21.6 Å². The highest BCUT2D eigenvalue weighted by Gasteiger charge is 2.13. The molecule has 0 bridgehead atoms. The first kappa shape index (κ1) is 13.5. The van der Waals surface area contributed by atoms with Crippen molar-refractivity contribution in [3.05, 3.63) is 28.2 Å². The van der Waals surface area contributed by atoms with Gasteiger partial charge in [0.25, 0.3) is 0 Å². The molecule has 1 aromatic carbocycles. The Bertz CT molecular complexity index is 287. The minimum atomic E-state index is 0.191. The van der Waals surface area contributed by atoms with Crippen LogP contribution >= 0.6 is 15.9 Å². The third-order valence-corrected chi connectivity index (χ3v) is 2.55. The summed E-state index contributed by atoms with van der Waals surface area (Å²) in [5, 5.41) is 0. The summed E-state index contributed by atoms with van der Waals surface area (Å²) >= 11 is 3.41. The number of benzene rings is 1. The Morgan fingerprint density at radius 1 is 1.14 bits per heavy atom. The van der Waals surface area contributed by atoms with Crippen molar-refractivity contribution in [1.29, 1.82) is 0 Å². The van der Waals surface area contributed by atoms with Gasteiger partial charge in [-0.2, -0.15) is 0 Å². The Labute approximate surface area is 95.8 Å². The summed E-state index contributed by atoms with van der Waals surface area (Å²) in [6.07, 6.45) is 0. The first-order valence-corrected chi connectivity index (χ1v) is 5.76. The van der Waals surface area contributed by atoms with Crippen LogP contribution in [0.5, 0.6) is 0 Å². The summed E-state index contributed by atoms with van der Waals surface area (Å²) in [5.41, 5.74) is 7.97. The fourth-order valence-corrected chi connectivity index (χ4v) is 1.37. The van der Waals surface area contributed by atoms with Crippen LogP contribution in [0.15, 0.2) is 22.7 Å². The molecule has 0 aliphatic carbocycles. The van der Waals surface area contributed by atoms with Gasteiger partial charge in [0.05, 0.1) is 0 Å². The number of anilines is 1. The van der Waals surface area contributed by atoms with Gasteiger partial charge in [0.2, 0.25) is 0 Å². The molecule has 2 N–H and O–H groups in total. The van der Waals surface area contributed by atoms with Crippen molar-refractivity contribution in [2.45, 2.75) is 40.0 Å². The zero-order chi connectivity index (χ0) is 11.4. The molecule has 0 radical (unpaired) electrons. The second-order valence-corrected chi connectivity index (χ2v) is 4.84. The van der Waals surface area contributed by atoms with E-state index < -0.39 is 0 Å². The van der Waals surface area contributed by atoms with Gasteiger partial charge in [0, 0.05) is 10.2 Å². The van der Waals surface area contributed by atoms with Crippen molar-refractivity contribution in [3.8, 4) is 0 Å². The zero-order valence-corrected chi connectivity index (χ0v) is 11.3. The van der Waals surface area contributed by atoms with Gasteiger partial charge in [-0.1, -0.05) is 40.7 Å². The summed E-state index contributed by atoms with van der Waals surface area (Å²) in [4.78, 5) is 0. The van der Waals surface area contributed by atoms with Crippen molar-refractivity contribution in [3.63, 3.8) is 0 Å². The number of hydrogen-bond acceptors (Lipinski definition) is 1. The predicted octanol–water partition coefficient (Wildman–Crippen LogP) is 4.36. The van der Waals surface area contributed by atoms with Gasteiger partial charge < -0.3 is 5.73 Å². The van der Waals surface area contributed by atoms with Gasteiger partial charge >= 0.3 is 0 Å². The Morgan fingerprint density at radius 2 is 1.64 bits per heavy atom. The lowest BCUT2D eigenvalue weighted by Crippen LogP contribution is -2.10. The van der Waals surface area contributed by atoms with Crippen molar-refractivity contribution in [2.75, 3.05) is 5.73 Å². The zero-order valence-electron chi connectivity index (χ0n) is 9.69. The lowest BCUT2D eigenvalue weighted by atomic mass is 9.87. The number of nitrogen functional groups attached to an aromatic ring is 1. The Balaban J connectivity index is 0.000000791. The van der Waals surface area contributed by atoms with Crippen LogP contribution in [0.3, 0.4) is 0 Å². The predicted molar refractivity (Wildman–Crippen MR) is 68.6 cm³/mol. The third-order valence-electron chi connectivity index (χ3n) is 1.87. The van der Waals surface area contributed by atoms with Crippen molar-refractivity contribution in [1.82, 2.24) is 0 Å². The fraction of sp³-hybridized carbons (Fsp3) is 0.500. The van der Waals surface area contributed by atoms with E-state index in [1.54, 1.807) is 0 Å². The van der Waals surface area contributed by atoms with E-state index in [0.29, 0.717) is 0 Å². The van der Waals surface area contributed by atoms with E-state index >= 15 is 0 Å². The monoisotopic (exact) mass is 257 g/mol. The molecule has 0 saturated heterocycles. The molecule has 0 aliphatic rings. The standard InChI is InChI=1S/C10H14BrN.C2H6/c1-10(2,3)7-4-5-9(12)8(11)6-7;1-2/h4-6H,12H2,1-3H3;1-2H3. The summed E-state index contributed by atoms with van der Waals surface area (Å²) in [5.74, 6) is 0. The highest BCUT2D eigenvalue weighted by Crippen LogP contribution is 2.28. The van der Waals surface area contributed by atoms with Gasteiger partial charge in [0.15, 0.2) is 0 Å². The Morgan fingerprint density at radius 3 is 2.00 bits per heavy atom. The van der Waals surface area contributed by atoms with Gasteiger partial charge in [-0.05, 0) is 39.0 Å². The fourth-order valence-electron chi connectivity index (χ4n) is 0.994. The molecule has 2 heteroatoms. The normalized spacial score (nSPS) is 10.4. The van der Waals surface area contributed by atoms with Gasteiger partial charge in [-0.25, -0.2) is 0 Å². The number of hydrogen-bond donors (Lipinski definition) is 1. The lowest BCUT2D eigenvalue weighted by Gasteiger charge is -2.19. The Hall–Kier alpha value is -0.500. The molecule has 1 nitrogen and oxygen atoms in total. The van der Waals surface area contributed by atoms with Gasteiger partial charge in [-0.15, -0.1) is 0 Å². The molecule has 14 heavy (non-hydrogen) atoms. The highest BCUT2D eigenvalue weighted by molar-refractivity contribution is 9.10. The molecule has 0 spiro atoms. The van der Waals surface area contributed by atoms with Crippen LogP contribution in [0.4, 0.5) is 5.69 Å². The van der Waals surface area contributed by atoms with Crippen molar-refractivity contribution in [2.24, 2.45) is 0 Å². The lowest BCUT2D eigenvalue weighted by molar-refractivity contribution is 0.590. The molecule has 0 aromatic heterocycles. The minimum absolute atomic E-state index is 0.191. The molecule has 0 unspecified atom stereocenters. The second-order valence-electron chi connectivity index (χ2n) is 3.99. The van der Waals surface area contributed by atoms with Crippen LogP contribution in [0, 0.1) is 0 Å². The average Bonchev–Trinajstić information content (AvgIpc) is 2.11. The summed E-state index contributed by atoms with van der Waals surface area (Å²) < 4.78 is 0.981. The molecule has 1 aromatic rings. The maximum atomic E-state index is 5.69. The molecule has 0 aliphatic heterocycles. The Kier molecular flexibility index (Phi) is 5.21. The van der Waals surface area contributed by atoms with Crippen LogP contribution in [0.2, 0.25) is 0 Å². The summed E-state index contributed by atoms with van der Waals surface area (Å²) in [7, 11) is 0. The molecular weight excluding hydrogens is 238 g/mol. The third kappa shape index (κ3) is 3.70. The molecule has 0 saturated carbocycles. The molecule has 0 fully saturated rings.